The van der Waals surface area contributed by atoms with Gasteiger partial charge in [-0.05, 0) is 51.4 Å². The van der Waals surface area contributed by atoms with E-state index in [0.717, 1.165) is 31.2 Å². The van der Waals surface area contributed by atoms with E-state index < -0.39 is 0 Å². The molecule has 2 aliphatic rings. The van der Waals surface area contributed by atoms with Crippen LogP contribution in [0, 0.1) is 5.92 Å². The molecule has 0 heterocycles. The Morgan fingerprint density at radius 1 is 0.882 bits per heavy atom. The second-order valence-corrected chi connectivity index (χ2v) is 5.88. The zero-order chi connectivity index (χ0) is 11.9. The van der Waals surface area contributed by atoms with Crippen molar-refractivity contribution in [2.75, 3.05) is 13.2 Å². The summed E-state index contributed by atoms with van der Waals surface area (Å²) in [6.45, 7) is 3.96. The van der Waals surface area contributed by atoms with Crippen LogP contribution in [-0.2, 0) is 4.74 Å². The number of nitrogens with one attached hydrogen (secondary N) is 1. The van der Waals surface area contributed by atoms with Crippen LogP contribution in [0.1, 0.15) is 64.7 Å². The van der Waals surface area contributed by atoms with Crippen LogP contribution < -0.4 is 5.32 Å². The van der Waals surface area contributed by atoms with Gasteiger partial charge in [-0.15, -0.1) is 0 Å². The molecule has 0 spiro atoms. The van der Waals surface area contributed by atoms with Crippen molar-refractivity contribution in [2.45, 2.75) is 76.8 Å². The minimum atomic E-state index is 0.802. The average Bonchev–Trinajstić information content (AvgIpc) is 2.39. The molecule has 0 aromatic rings. The first kappa shape index (κ1) is 13.4. The Morgan fingerprint density at radius 2 is 1.53 bits per heavy atom. The van der Waals surface area contributed by atoms with Gasteiger partial charge in [0.25, 0.3) is 0 Å². The normalized spacial score (nSPS) is 31.6. The molecule has 2 fully saturated rings. The fourth-order valence-electron chi connectivity index (χ4n) is 3.38. The monoisotopic (exact) mass is 239 g/mol. The molecule has 0 aliphatic heterocycles. The van der Waals surface area contributed by atoms with E-state index >= 15 is 0 Å². The lowest BCUT2D eigenvalue weighted by Crippen LogP contribution is -2.41. The van der Waals surface area contributed by atoms with Crippen LogP contribution in [-0.4, -0.2) is 25.3 Å². The Bertz CT molecular complexity index is 193. The van der Waals surface area contributed by atoms with Crippen LogP contribution >= 0.6 is 0 Å². The lowest BCUT2D eigenvalue weighted by Gasteiger charge is -2.33. The summed E-state index contributed by atoms with van der Waals surface area (Å²) in [5.41, 5.74) is 0. The van der Waals surface area contributed by atoms with Crippen LogP contribution in [0.25, 0.3) is 0 Å². The fourth-order valence-corrected chi connectivity index (χ4v) is 3.38. The number of ether oxygens (including phenoxy) is 1. The highest BCUT2D eigenvalue weighted by Crippen LogP contribution is 2.26. The van der Waals surface area contributed by atoms with Crippen LogP contribution in [0.3, 0.4) is 0 Å². The van der Waals surface area contributed by atoms with Gasteiger partial charge in [0.15, 0.2) is 0 Å². The predicted octanol–water partition coefficient (Wildman–Crippen LogP) is 3.50. The number of hydrogen-bond acceptors (Lipinski definition) is 2. The molecule has 2 nitrogen and oxygen atoms in total. The molecule has 0 amide bonds. The van der Waals surface area contributed by atoms with Gasteiger partial charge in [0.2, 0.25) is 0 Å². The summed E-state index contributed by atoms with van der Waals surface area (Å²) in [6, 6.07) is 1.63. The van der Waals surface area contributed by atoms with E-state index in [4.69, 9.17) is 4.74 Å². The van der Waals surface area contributed by atoms with Gasteiger partial charge in [-0.3, -0.25) is 0 Å². The highest BCUT2D eigenvalue weighted by molar-refractivity contribution is 4.81. The third-order valence-corrected chi connectivity index (χ3v) is 4.48. The molecular weight excluding hydrogens is 210 g/mol. The standard InChI is InChI=1S/C15H29NO/c1-2-17-12-13-8-10-15(11-9-13)16-14-6-4-3-5-7-14/h13-16H,2-12H2,1H3. The molecule has 0 saturated heterocycles. The summed E-state index contributed by atoms with van der Waals surface area (Å²) in [5.74, 6) is 0.833. The SMILES string of the molecule is CCOCC1CCC(NC2CCCCC2)CC1. The minimum Gasteiger partial charge on any atom is -0.381 e. The molecule has 2 aliphatic carbocycles. The van der Waals surface area contributed by atoms with E-state index in [0.29, 0.717) is 0 Å². The largest absolute Gasteiger partial charge is 0.381 e. The molecule has 100 valence electrons. The van der Waals surface area contributed by atoms with Gasteiger partial charge in [-0.1, -0.05) is 19.3 Å². The van der Waals surface area contributed by atoms with Gasteiger partial charge in [-0.25, -0.2) is 0 Å². The molecule has 0 unspecified atom stereocenters. The van der Waals surface area contributed by atoms with Gasteiger partial charge in [0, 0.05) is 25.3 Å². The molecule has 2 saturated carbocycles. The van der Waals surface area contributed by atoms with Crippen molar-refractivity contribution in [1.29, 1.82) is 0 Å². The third-order valence-electron chi connectivity index (χ3n) is 4.48. The highest BCUT2D eigenvalue weighted by atomic mass is 16.5. The third kappa shape index (κ3) is 4.59. The van der Waals surface area contributed by atoms with E-state index in [9.17, 15) is 0 Å². The zero-order valence-electron chi connectivity index (χ0n) is 11.4. The van der Waals surface area contributed by atoms with Gasteiger partial charge < -0.3 is 10.1 Å². The molecule has 0 aromatic carbocycles. The molecule has 0 bridgehead atoms. The Morgan fingerprint density at radius 3 is 2.18 bits per heavy atom. The maximum Gasteiger partial charge on any atom is 0.0494 e. The van der Waals surface area contributed by atoms with E-state index in [1.165, 1.54) is 57.8 Å². The van der Waals surface area contributed by atoms with Crippen molar-refractivity contribution >= 4 is 0 Å². The summed E-state index contributed by atoms with van der Waals surface area (Å²) >= 11 is 0. The number of hydrogen-bond donors (Lipinski definition) is 1. The number of rotatable bonds is 5. The van der Waals surface area contributed by atoms with E-state index in [2.05, 4.69) is 12.2 Å². The molecule has 0 atom stereocenters. The van der Waals surface area contributed by atoms with Crippen molar-refractivity contribution < 1.29 is 4.74 Å². The second kappa shape index (κ2) is 7.38. The Kier molecular flexibility index (Phi) is 5.79. The highest BCUT2D eigenvalue weighted by Gasteiger charge is 2.23. The maximum atomic E-state index is 5.54. The first-order valence-corrected chi connectivity index (χ1v) is 7.72. The smallest absolute Gasteiger partial charge is 0.0494 e. The van der Waals surface area contributed by atoms with E-state index in [1.54, 1.807) is 0 Å². The van der Waals surface area contributed by atoms with E-state index in [-0.39, 0.29) is 0 Å². The molecule has 0 aromatic heterocycles. The fraction of sp³-hybridized carbons (Fsp3) is 1.00. The van der Waals surface area contributed by atoms with Crippen molar-refractivity contribution in [3.8, 4) is 0 Å². The summed E-state index contributed by atoms with van der Waals surface area (Å²) in [7, 11) is 0. The first-order valence-electron chi connectivity index (χ1n) is 7.72. The van der Waals surface area contributed by atoms with Crippen LogP contribution in [0.15, 0.2) is 0 Å². The lowest BCUT2D eigenvalue weighted by molar-refractivity contribution is 0.0884. The van der Waals surface area contributed by atoms with Gasteiger partial charge >= 0.3 is 0 Å². The van der Waals surface area contributed by atoms with Gasteiger partial charge in [0.05, 0.1) is 0 Å². The zero-order valence-corrected chi connectivity index (χ0v) is 11.4. The summed E-state index contributed by atoms with van der Waals surface area (Å²) in [4.78, 5) is 0. The van der Waals surface area contributed by atoms with Crippen LogP contribution in [0.4, 0.5) is 0 Å². The minimum absolute atomic E-state index is 0.802. The first-order chi connectivity index (χ1) is 8.38. The molecule has 2 rings (SSSR count). The van der Waals surface area contributed by atoms with E-state index in [1.807, 2.05) is 0 Å². The average molecular weight is 239 g/mol. The second-order valence-electron chi connectivity index (χ2n) is 5.88. The summed E-state index contributed by atoms with van der Waals surface area (Å²) in [6.07, 6.45) is 12.6. The maximum absolute atomic E-state index is 5.54. The van der Waals surface area contributed by atoms with Crippen molar-refractivity contribution in [3.05, 3.63) is 0 Å². The molecular formula is C15H29NO. The van der Waals surface area contributed by atoms with Gasteiger partial charge in [0.1, 0.15) is 0 Å². The van der Waals surface area contributed by atoms with Crippen molar-refractivity contribution in [2.24, 2.45) is 5.92 Å². The predicted molar refractivity (Wildman–Crippen MR) is 72.2 cm³/mol. The Labute approximate surface area is 107 Å². The summed E-state index contributed by atoms with van der Waals surface area (Å²) in [5, 5.41) is 3.89. The Hall–Kier alpha value is -0.0800. The molecule has 17 heavy (non-hydrogen) atoms. The lowest BCUT2D eigenvalue weighted by atomic mass is 9.85. The van der Waals surface area contributed by atoms with Gasteiger partial charge in [-0.2, -0.15) is 0 Å². The topological polar surface area (TPSA) is 21.3 Å². The quantitative estimate of drug-likeness (QED) is 0.793. The molecule has 0 radical (unpaired) electrons. The molecule has 1 N–H and O–H groups in total. The Balaban J connectivity index is 1.61. The van der Waals surface area contributed by atoms with Crippen LogP contribution in [0.2, 0.25) is 0 Å². The molecule has 2 heteroatoms. The van der Waals surface area contributed by atoms with Crippen molar-refractivity contribution in [1.82, 2.24) is 5.32 Å². The summed E-state index contributed by atoms with van der Waals surface area (Å²) < 4.78 is 5.54. The van der Waals surface area contributed by atoms with Crippen molar-refractivity contribution in [3.63, 3.8) is 0 Å². The van der Waals surface area contributed by atoms with Crippen LogP contribution in [0.5, 0.6) is 0 Å².